The van der Waals surface area contributed by atoms with Gasteiger partial charge in [-0.05, 0) is 67.1 Å². The van der Waals surface area contributed by atoms with Gasteiger partial charge in [0.1, 0.15) is 0 Å². The van der Waals surface area contributed by atoms with Crippen LogP contribution in [0.4, 0.5) is 0 Å². The quantitative estimate of drug-likeness (QED) is 0.736. The monoisotopic (exact) mass is 315 g/mol. The molecule has 0 heterocycles. The summed E-state index contributed by atoms with van der Waals surface area (Å²) in [6.45, 7) is 2.40. The van der Waals surface area contributed by atoms with Crippen molar-refractivity contribution < 1.29 is 5.11 Å². The number of rotatable bonds is 7. The number of aliphatic hydroxyl groups is 1. The zero-order valence-electron chi connectivity index (χ0n) is 14.7. The normalized spacial score (nSPS) is 29.9. The molecule has 0 aromatic heterocycles. The van der Waals surface area contributed by atoms with E-state index in [4.69, 9.17) is 5.73 Å². The van der Waals surface area contributed by atoms with E-state index >= 15 is 0 Å². The predicted molar refractivity (Wildman–Crippen MR) is 96.7 cm³/mol. The Kier molecular flexibility index (Phi) is 5.43. The molecule has 128 valence electrons. The molecule has 0 saturated heterocycles. The molecule has 2 nitrogen and oxygen atoms in total. The van der Waals surface area contributed by atoms with Gasteiger partial charge in [-0.1, -0.05) is 50.8 Å². The summed E-state index contributed by atoms with van der Waals surface area (Å²) in [5, 5.41) is 9.48. The van der Waals surface area contributed by atoms with Gasteiger partial charge >= 0.3 is 0 Å². The summed E-state index contributed by atoms with van der Waals surface area (Å²) in [4.78, 5) is 0. The van der Waals surface area contributed by atoms with Crippen molar-refractivity contribution in [3.8, 4) is 0 Å². The van der Waals surface area contributed by atoms with Gasteiger partial charge in [0.25, 0.3) is 0 Å². The number of aliphatic hydroxyl groups excluding tert-OH is 1. The zero-order valence-corrected chi connectivity index (χ0v) is 14.7. The van der Waals surface area contributed by atoms with E-state index in [1.54, 1.807) is 11.1 Å². The predicted octanol–water partition coefficient (Wildman–Crippen LogP) is 4.33. The van der Waals surface area contributed by atoms with Crippen molar-refractivity contribution in [2.75, 3.05) is 6.61 Å². The molecule has 0 bridgehead atoms. The summed E-state index contributed by atoms with van der Waals surface area (Å²) < 4.78 is 0. The lowest BCUT2D eigenvalue weighted by Crippen LogP contribution is -2.40. The summed E-state index contributed by atoms with van der Waals surface area (Å²) in [6, 6.07) is 7.15. The highest BCUT2D eigenvalue weighted by Crippen LogP contribution is 2.41. The largest absolute Gasteiger partial charge is 0.394 e. The molecule has 0 radical (unpaired) electrons. The van der Waals surface area contributed by atoms with Crippen LogP contribution in [-0.2, 0) is 12.8 Å². The van der Waals surface area contributed by atoms with E-state index in [0.29, 0.717) is 5.92 Å². The Labute approximate surface area is 141 Å². The molecule has 3 atom stereocenters. The average Bonchev–Trinajstić information content (AvgIpc) is 3.15. The highest BCUT2D eigenvalue weighted by Gasteiger charge is 2.36. The molecule has 23 heavy (non-hydrogen) atoms. The molecule has 1 aromatic carbocycles. The van der Waals surface area contributed by atoms with Crippen LogP contribution >= 0.6 is 0 Å². The van der Waals surface area contributed by atoms with E-state index in [0.717, 1.165) is 25.2 Å². The Morgan fingerprint density at radius 3 is 2.74 bits per heavy atom. The second kappa shape index (κ2) is 7.36. The van der Waals surface area contributed by atoms with Gasteiger partial charge in [-0.2, -0.15) is 0 Å². The van der Waals surface area contributed by atoms with E-state index in [9.17, 15) is 5.11 Å². The van der Waals surface area contributed by atoms with E-state index in [2.05, 4.69) is 25.1 Å². The molecule has 0 amide bonds. The van der Waals surface area contributed by atoms with Crippen LogP contribution in [0.5, 0.6) is 0 Å². The average molecular weight is 316 g/mol. The maximum atomic E-state index is 9.48. The van der Waals surface area contributed by atoms with Crippen LogP contribution in [0.2, 0.25) is 0 Å². The van der Waals surface area contributed by atoms with Gasteiger partial charge in [0, 0.05) is 5.54 Å². The van der Waals surface area contributed by atoms with Crippen molar-refractivity contribution in [2.45, 2.75) is 82.6 Å². The minimum atomic E-state index is -0.342. The van der Waals surface area contributed by atoms with Crippen molar-refractivity contribution in [3.63, 3.8) is 0 Å². The van der Waals surface area contributed by atoms with Crippen LogP contribution in [0.25, 0.3) is 0 Å². The minimum absolute atomic E-state index is 0.119. The molecule has 3 rings (SSSR count). The smallest absolute Gasteiger partial charge is 0.0611 e. The van der Waals surface area contributed by atoms with Crippen LogP contribution in [0, 0.1) is 5.92 Å². The van der Waals surface area contributed by atoms with Crippen LogP contribution in [-0.4, -0.2) is 17.3 Å². The first-order valence-corrected chi connectivity index (χ1v) is 9.65. The Bertz CT molecular complexity index is 527. The Hall–Kier alpha value is -0.860. The van der Waals surface area contributed by atoms with Gasteiger partial charge in [-0.25, -0.2) is 0 Å². The van der Waals surface area contributed by atoms with Crippen LogP contribution in [0.3, 0.4) is 0 Å². The molecule has 1 fully saturated rings. The summed E-state index contributed by atoms with van der Waals surface area (Å²) in [5.41, 5.74) is 10.5. The molecule has 2 heteroatoms. The van der Waals surface area contributed by atoms with Crippen LogP contribution in [0.15, 0.2) is 18.2 Å². The second-order valence-electron chi connectivity index (χ2n) is 8.11. The van der Waals surface area contributed by atoms with Crippen LogP contribution < -0.4 is 5.73 Å². The third-order valence-electron chi connectivity index (χ3n) is 6.14. The van der Waals surface area contributed by atoms with Crippen molar-refractivity contribution in [1.82, 2.24) is 0 Å². The summed E-state index contributed by atoms with van der Waals surface area (Å²) in [5.74, 6) is 1.41. The summed E-state index contributed by atoms with van der Waals surface area (Å²) in [6.07, 6.45) is 12.5. The molecular weight excluding hydrogens is 282 g/mol. The first-order chi connectivity index (χ1) is 11.1. The highest BCUT2D eigenvalue weighted by atomic mass is 16.3. The SMILES string of the molecule is CCCCCCC1Cc2ccc([C@H]3CC[C@@](N)(CO)C3)cc2C1. The number of hydrogen-bond acceptors (Lipinski definition) is 2. The maximum Gasteiger partial charge on any atom is 0.0611 e. The van der Waals surface area contributed by atoms with Gasteiger partial charge in [-0.3, -0.25) is 0 Å². The lowest BCUT2D eigenvalue weighted by Gasteiger charge is -2.21. The third-order valence-corrected chi connectivity index (χ3v) is 6.14. The third kappa shape index (κ3) is 3.97. The van der Waals surface area contributed by atoms with Gasteiger partial charge in [0.05, 0.1) is 6.61 Å². The Morgan fingerprint density at radius 1 is 1.17 bits per heavy atom. The molecule has 0 spiro atoms. The highest BCUT2D eigenvalue weighted by molar-refractivity contribution is 5.38. The van der Waals surface area contributed by atoms with Gasteiger partial charge in [0.15, 0.2) is 0 Å². The van der Waals surface area contributed by atoms with Crippen molar-refractivity contribution in [3.05, 3.63) is 34.9 Å². The fourth-order valence-electron chi connectivity index (χ4n) is 4.63. The molecule has 0 aliphatic heterocycles. The first-order valence-electron chi connectivity index (χ1n) is 9.65. The molecule has 2 aliphatic rings. The zero-order chi connectivity index (χ0) is 16.3. The molecule has 3 N–H and O–H groups in total. The topological polar surface area (TPSA) is 46.2 Å². The number of fused-ring (bicyclic) bond motifs is 1. The summed E-state index contributed by atoms with van der Waals surface area (Å²) in [7, 11) is 0. The number of hydrogen-bond donors (Lipinski definition) is 2. The first kappa shape index (κ1) is 17.0. The van der Waals surface area contributed by atoms with Crippen molar-refractivity contribution >= 4 is 0 Å². The Morgan fingerprint density at radius 2 is 2.00 bits per heavy atom. The number of unbranched alkanes of at least 4 members (excludes halogenated alkanes) is 3. The fourth-order valence-corrected chi connectivity index (χ4v) is 4.63. The van der Waals surface area contributed by atoms with E-state index in [1.807, 2.05) is 0 Å². The van der Waals surface area contributed by atoms with Gasteiger partial charge < -0.3 is 10.8 Å². The lowest BCUT2D eigenvalue weighted by molar-refractivity contribution is 0.198. The number of benzene rings is 1. The molecule has 1 aromatic rings. The molecule has 2 aliphatic carbocycles. The fraction of sp³-hybridized carbons (Fsp3) is 0.714. The lowest BCUT2D eigenvalue weighted by atomic mass is 9.92. The van der Waals surface area contributed by atoms with Crippen LogP contribution in [0.1, 0.15) is 80.9 Å². The van der Waals surface area contributed by atoms with Crippen molar-refractivity contribution in [2.24, 2.45) is 11.7 Å². The molecule has 1 saturated carbocycles. The van der Waals surface area contributed by atoms with E-state index < -0.39 is 0 Å². The second-order valence-corrected chi connectivity index (χ2v) is 8.11. The van der Waals surface area contributed by atoms with Crippen molar-refractivity contribution in [1.29, 1.82) is 0 Å². The molecular formula is C21H33NO. The maximum absolute atomic E-state index is 9.48. The van der Waals surface area contributed by atoms with E-state index in [1.165, 1.54) is 50.5 Å². The Balaban J connectivity index is 1.58. The summed E-state index contributed by atoms with van der Waals surface area (Å²) >= 11 is 0. The van der Waals surface area contributed by atoms with E-state index in [-0.39, 0.29) is 12.1 Å². The number of nitrogens with two attached hydrogens (primary N) is 1. The molecule has 1 unspecified atom stereocenters. The standard InChI is InChI=1S/C21H33NO/c1-2-3-4-5-6-16-11-17-7-8-18(13-20(17)12-16)19-9-10-21(22,14-19)15-23/h7-8,13,16,19,23H,2-6,9-12,14-15,22H2,1H3/t16?,19-,21-/m0/s1. The van der Waals surface area contributed by atoms with Gasteiger partial charge in [0.2, 0.25) is 0 Å². The minimum Gasteiger partial charge on any atom is -0.394 e. The van der Waals surface area contributed by atoms with Gasteiger partial charge in [-0.15, -0.1) is 0 Å².